The zero-order chi connectivity index (χ0) is 29.2. The van der Waals surface area contributed by atoms with Crippen molar-refractivity contribution in [2.75, 3.05) is 54.0 Å². The van der Waals surface area contributed by atoms with Crippen molar-refractivity contribution in [3.05, 3.63) is 71.9 Å². The normalized spacial score (nSPS) is 13.5. The third-order valence-electron chi connectivity index (χ3n) is 6.92. The Hall–Kier alpha value is -4.19. The number of unbranched alkanes of at least 4 members (excludes halogenated alkanes) is 2. The predicted octanol–water partition coefficient (Wildman–Crippen LogP) is 4.76. The van der Waals surface area contributed by atoms with Crippen molar-refractivity contribution in [1.29, 1.82) is 0 Å². The maximum atomic E-state index is 12.1. The van der Waals surface area contributed by atoms with Crippen molar-refractivity contribution in [3.63, 3.8) is 0 Å². The summed E-state index contributed by atoms with van der Waals surface area (Å²) in [6, 6.07) is 13.2. The number of anilines is 6. The van der Waals surface area contributed by atoms with Crippen LogP contribution in [0.15, 0.2) is 61.3 Å². The molecule has 0 saturated carbocycles. The lowest BCUT2D eigenvalue weighted by Gasteiger charge is -2.36. The molecule has 3 aromatic rings. The lowest BCUT2D eigenvalue weighted by Crippen LogP contribution is -2.46. The molecule has 1 aromatic heterocycles. The number of nitrogens with one attached hydrogen (secondary N) is 3. The summed E-state index contributed by atoms with van der Waals surface area (Å²) < 4.78 is 0. The van der Waals surface area contributed by atoms with E-state index in [9.17, 15) is 9.59 Å². The lowest BCUT2D eigenvalue weighted by atomic mass is 10.1. The van der Waals surface area contributed by atoms with Crippen LogP contribution in [0.5, 0.6) is 0 Å². The third-order valence-corrected chi connectivity index (χ3v) is 7.19. The van der Waals surface area contributed by atoms with Gasteiger partial charge in [0, 0.05) is 49.5 Å². The van der Waals surface area contributed by atoms with Gasteiger partial charge in [-0.2, -0.15) is 4.98 Å². The van der Waals surface area contributed by atoms with Gasteiger partial charge < -0.3 is 21.3 Å². The Balaban J connectivity index is 1.30. The maximum absolute atomic E-state index is 12.1. The molecule has 41 heavy (non-hydrogen) atoms. The van der Waals surface area contributed by atoms with E-state index in [0.717, 1.165) is 63.4 Å². The van der Waals surface area contributed by atoms with E-state index in [2.05, 4.69) is 49.1 Å². The monoisotopic (exact) mass is 578 g/mol. The summed E-state index contributed by atoms with van der Waals surface area (Å²) in [4.78, 5) is 36.8. The van der Waals surface area contributed by atoms with Crippen molar-refractivity contribution >= 4 is 57.8 Å². The molecule has 0 unspecified atom stereocenters. The molecule has 1 aliphatic heterocycles. The minimum Gasteiger partial charge on any atom is -0.396 e. The van der Waals surface area contributed by atoms with Gasteiger partial charge in [-0.25, -0.2) is 10.5 Å². The Kier molecular flexibility index (Phi) is 10.5. The third kappa shape index (κ3) is 8.16. The highest BCUT2D eigenvalue weighted by molar-refractivity contribution is 6.33. The second-order valence-electron chi connectivity index (χ2n) is 9.70. The van der Waals surface area contributed by atoms with E-state index >= 15 is 0 Å². The number of carbonyl (C=O) groups excluding carboxylic acids is 2. The molecule has 2 aromatic carbocycles. The Morgan fingerprint density at radius 1 is 1.05 bits per heavy atom. The van der Waals surface area contributed by atoms with E-state index in [-0.39, 0.29) is 17.4 Å². The van der Waals surface area contributed by atoms with E-state index < -0.39 is 0 Å². The predicted molar refractivity (Wildman–Crippen MR) is 162 cm³/mol. The fraction of sp³-hybridized carbons (Fsp3) is 0.310. The van der Waals surface area contributed by atoms with Crippen LogP contribution < -0.4 is 26.7 Å². The minimum atomic E-state index is -0.325. The number of nitrogens with two attached hydrogens (primary N) is 1. The number of rotatable bonds is 13. The van der Waals surface area contributed by atoms with Gasteiger partial charge in [-0.15, -0.1) is 0 Å². The molecule has 0 aliphatic carbocycles. The van der Waals surface area contributed by atoms with Crippen LogP contribution >= 0.6 is 11.6 Å². The maximum Gasteiger partial charge on any atom is 0.243 e. The van der Waals surface area contributed by atoms with Crippen LogP contribution in [-0.4, -0.2) is 64.5 Å². The van der Waals surface area contributed by atoms with Gasteiger partial charge >= 0.3 is 0 Å². The number of hydrogen-bond acceptors (Lipinski definition) is 10. The summed E-state index contributed by atoms with van der Waals surface area (Å²) >= 11 is 6.34. The molecule has 2 heterocycles. The topological polar surface area (TPSA) is 149 Å². The molecule has 6 N–H and O–H groups in total. The average molecular weight is 579 g/mol. The fourth-order valence-corrected chi connectivity index (χ4v) is 4.75. The van der Waals surface area contributed by atoms with Crippen LogP contribution in [0, 0.1) is 0 Å². The molecule has 1 saturated heterocycles. The number of nitrogens with zero attached hydrogens (tertiary/aromatic N) is 4. The van der Waals surface area contributed by atoms with E-state index in [1.54, 1.807) is 23.7 Å². The molecule has 11 nitrogen and oxygen atoms in total. The van der Waals surface area contributed by atoms with Crippen LogP contribution in [0.2, 0.25) is 5.02 Å². The van der Waals surface area contributed by atoms with Crippen molar-refractivity contribution in [2.24, 2.45) is 0 Å². The van der Waals surface area contributed by atoms with Crippen molar-refractivity contribution in [3.8, 4) is 0 Å². The average Bonchev–Trinajstić information content (AvgIpc) is 3.00. The highest BCUT2D eigenvalue weighted by Crippen LogP contribution is 2.30. The van der Waals surface area contributed by atoms with Crippen LogP contribution in [0.25, 0.3) is 0 Å². The molecule has 0 bridgehead atoms. The van der Waals surface area contributed by atoms with Crippen LogP contribution in [0.4, 0.5) is 34.5 Å². The number of aromatic nitrogens is 2. The highest BCUT2D eigenvalue weighted by atomic mass is 35.5. The Bertz CT molecular complexity index is 1360. The van der Waals surface area contributed by atoms with Crippen LogP contribution in [0.3, 0.4) is 0 Å². The molecular formula is C29H35ClN8O3. The number of hydroxylamine groups is 1. The van der Waals surface area contributed by atoms with Gasteiger partial charge in [-0.05, 0) is 61.9 Å². The molecule has 12 heteroatoms. The quantitative estimate of drug-likeness (QED) is 0.0480. The largest absolute Gasteiger partial charge is 0.396 e. The van der Waals surface area contributed by atoms with Gasteiger partial charge in [0.25, 0.3) is 0 Å². The molecule has 0 spiro atoms. The second-order valence-corrected chi connectivity index (χ2v) is 10.1. The van der Waals surface area contributed by atoms with Crippen molar-refractivity contribution < 1.29 is 14.8 Å². The van der Waals surface area contributed by atoms with E-state index in [4.69, 9.17) is 22.5 Å². The molecule has 4 rings (SSSR count). The van der Waals surface area contributed by atoms with Gasteiger partial charge in [0.1, 0.15) is 5.02 Å². The first-order valence-electron chi connectivity index (χ1n) is 13.5. The zero-order valence-corrected chi connectivity index (χ0v) is 23.5. The number of allylic oxidation sites excluding steroid dienone is 1. The lowest BCUT2D eigenvalue weighted by molar-refractivity contribution is -0.129. The molecule has 1 amide bonds. The first kappa shape index (κ1) is 29.8. The first-order chi connectivity index (χ1) is 19.9. The summed E-state index contributed by atoms with van der Waals surface area (Å²) in [5.74, 6) is 0.108. The summed E-state index contributed by atoms with van der Waals surface area (Å²) in [5.41, 5.74) is 11.0. The van der Waals surface area contributed by atoms with Crippen molar-refractivity contribution in [2.45, 2.75) is 25.7 Å². The van der Waals surface area contributed by atoms with Gasteiger partial charge in [0.2, 0.25) is 11.9 Å². The molecule has 1 fully saturated rings. The zero-order valence-electron chi connectivity index (χ0n) is 22.8. The molecule has 216 valence electrons. The number of carbonyl (C=O) groups is 2. The van der Waals surface area contributed by atoms with Gasteiger partial charge in [0.15, 0.2) is 11.6 Å². The number of amides is 1. The standard InChI is InChI=1S/C29H35ClN8O3/c1-2-25(39)22-7-6-8-24(27(22)31)34-28-23(30)19-32-29(35-28)33-20-10-12-21(13-11-20)38-17-15-37(16-18-38)14-5-3-4-9-26(40)36-41/h2,6-8,10-13,19,41H,1,3-5,9,14-18,31H2,(H,36,40)(H2,32,33,34,35). The van der Waals surface area contributed by atoms with Gasteiger partial charge in [0.05, 0.1) is 17.6 Å². The minimum absolute atomic E-state index is 0.272. The van der Waals surface area contributed by atoms with Crippen LogP contribution in [0.1, 0.15) is 36.0 Å². The summed E-state index contributed by atoms with van der Waals surface area (Å²) in [5, 5.41) is 15.2. The Morgan fingerprint density at radius 2 is 1.80 bits per heavy atom. The Labute approximate surface area is 244 Å². The first-order valence-corrected chi connectivity index (χ1v) is 13.9. The van der Waals surface area contributed by atoms with E-state index in [0.29, 0.717) is 34.5 Å². The molecule has 0 atom stereocenters. The van der Waals surface area contributed by atoms with Gasteiger partial charge in [-0.3, -0.25) is 19.7 Å². The Morgan fingerprint density at radius 3 is 2.51 bits per heavy atom. The molecule has 0 radical (unpaired) electrons. The number of ketones is 1. The number of benzene rings is 2. The SMILES string of the molecule is C=CC(=O)c1cccc(Nc2nc(Nc3ccc(N4CCN(CCCCCC(=O)NO)CC4)cc3)ncc2Cl)c1N. The number of nitrogen functional groups attached to an aromatic ring is 1. The second kappa shape index (κ2) is 14.4. The smallest absolute Gasteiger partial charge is 0.243 e. The summed E-state index contributed by atoms with van der Waals surface area (Å²) in [7, 11) is 0. The van der Waals surface area contributed by atoms with E-state index in [1.807, 2.05) is 12.1 Å². The molecule has 1 aliphatic rings. The van der Waals surface area contributed by atoms with Crippen molar-refractivity contribution in [1.82, 2.24) is 20.3 Å². The van der Waals surface area contributed by atoms with E-state index in [1.165, 1.54) is 12.3 Å². The fourth-order valence-electron chi connectivity index (χ4n) is 4.61. The number of hydrogen-bond donors (Lipinski definition) is 5. The molecular weight excluding hydrogens is 544 g/mol. The highest BCUT2D eigenvalue weighted by Gasteiger charge is 2.17. The summed E-state index contributed by atoms with van der Waals surface area (Å²) in [6.45, 7) is 8.39. The van der Waals surface area contributed by atoms with Crippen LogP contribution in [-0.2, 0) is 4.79 Å². The number of piperazine rings is 1. The summed E-state index contributed by atoms with van der Waals surface area (Å²) in [6.07, 6.45) is 5.86. The number of para-hydroxylation sites is 1. The number of halogens is 1. The van der Waals surface area contributed by atoms with Gasteiger partial charge in [-0.1, -0.05) is 30.7 Å².